The lowest BCUT2D eigenvalue weighted by Crippen LogP contribution is -1.87. The van der Waals surface area contributed by atoms with Crippen LogP contribution in [0.3, 0.4) is 0 Å². The van der Waals surface area contributed by atoms with E-state index in [2.05, 4.69) is 111 Å². The number of imidazole rings is 1. The number of hydrogen-bond donors (Lipinski definition) is 1. The van der Waals surface area contributed by atoms with Crippen molar-refractivity contribution in [1.29, 1.82) is 0 Å². The lowest BCUT2D eigenvalue weighted by atomic mass is 10.0. The average Bonchev–Trinajstić information content (AvgIpc) is 3.14. The van der Waals surface area contributed by atoms with Crippen LogP contribution in [0.1, 0.15) is 25.3 Å². The Balaban J connectivity index is 1.83. The zero-order chi connectivity index (χ0) is 19.7. The van der Waals surface area contributed by atoms with Crippen LogP contribution < -0.4 is 0 Å². The number of hydrogen-bond acceptors (Lipinski definition) is 1. The van der Waals surface area contributed by atoms with Crippen molar-refractivity contribution in [2.75, 3.05) is 0 Å². The Bertz CT molecular complexity index is 1010. The molecule has 0 saturated carbocycles. The fraction of sp³-hybridized carbons (Fsp3) is 0.125. The van der Waals surface area contributed by atoms with Crippen LogP contribution in [0.15, 0.2) is 81.7 Å². The quantitative estimate of drug-likeness (QED) is 0.304. The molecule has 140 valence electrons. The number of aromatic nitrogens is 2. The number of nitrogens with one attached hydrogen (secondary N) is 1. The van der Waals surface area contributed by atoms with Crippen molar-refractivity contribution in [1.82, 2.24) is 9.97 Å². The molecule has 0 unspecified atom stereocenters. The minimum absolute atomic E-state index is 0.516. The topological polar surface area (TPSA) is 28.7 Å². The van der Waals surface area contributed by atoms with Gasteiger partial charge < -0.3 is 4.98 Å². The first kappa shape index (κ1) is 19.2. The molecule has 28 heavy (non-hydrogen) atoms. The van der Waals surface area contributed by atoms with Gasteiger partial charge in [-0.15, -0.1) is 0 Å². The molecule has 1 aromatic heterocycles. The summed E-state index contributed by atoms with van der Waals surface area (Å²) in [5.74, 6) is 1.40. The van der Waals surface area contributed by atoms with Gasteiger partial charge in [0.05, 0.1) is 11.4 Å². The summed E-state index contributed by atoms with van der Waals surface area (Å²) in [6.45, 7) is 4.42. The zero-order valence-corrected chi connectivity index (χ0v) is 18.9. The monoisotopic (exact) mass is 494 g/mol. The first-order chi connectivity index (χ1) is 13.5. The third-order valence-corrected chi connectivity index (χ3v) is 5.86. The van der Waals surface area contributed by atoms with E-state index in [1.807, 2.05) is 12.1 Å². The highest BCUT2D eigenvalue weighted by Crippen LogP contribution is 2.34. The molecule has 2 nitrogen and oxygen atoms in total. The second-order valence-corrected chi connectivity index (χ2v) is 8.93. The predicted octanol–water partition coefficient (Wildman–Crippen LogP) is 8.06. The van der Waals surface area contributed by atoms with Gasteiger partial charge in [-0.25, -0.2) is 4.98 Å². The number of aromatic amines is 1. The maximum Gasteiger partial charge on any atom is 0.138 e. The van der Waals surface area contributed by atoms with Gasteiger partial charge in [0.1, 0.15) is 5.82 Å². The summed E-state index contributed by atoms with van der Waals surface area (Å²) in [5.41, 5.74) is 6.60. The highest BCUT2D eigenvalue weighted by Gasteiger charge is 2.15. The number of rotatable bonds is 4. The average molecular weight is 496 g/mol. The molecule has 3 aromatic carbocycles. The maximum atomic E-state index is 4.97. The van der Waals surface area contributed by atoms with E-state index in [1.54, 1.807) is 0 Å². The van der Waals surface area contributed by atoms with E-state index in [1.165, 1.54) is 5.56 Å². The first-order valence-electron chi connectivity index (χ1n) is 9.23. The van der Waals surface area contributed by atoms with E-state index < -0.39 is 0 Å². The van der Waals surface area contributed by atoms with Crippen LogP contribution in [0.25, 0.3) is 33.9 Å². The molecule has 0 radical (unpaired) electrons. The summed E-state index contributed by atoms with van der Waals surface area (Å²) in [5, 5.41) is 0. The standard InChI is InChI=1S/C24H20Br2N2/c1-15(2)16-3-5-19(6-4-16)24-27-22(17-7-11-20(25)12-8-17)23(28-24)18-9-13-21(26)14-10-18/h3-15H,1-2H3,(H,27,28). The Kier molecular flexibility index (Phi) is 5.51. The van der Waals surface area contributed by atoms with Crippen LogP contribution in [0.5, 0.6) is 0 Å². The Morgan fingerprint density at radius 2 is 1.18 bits per heavy atom. The normalized spacial score (nSPS) is 11.2. The lowest BCUT2D eigenvalue weighted by molar-refractivity contribution is 0.867. The van der Waals surface area contributed by atoms with Crippen molar-refractivity contribution < 1.29 is 0 Å². The molecule has 0 atom stereocenters. The largest absolute Gasteiger partial charge is 0.337 e. The highest BCUT2D eigenvalue weighted by molar-refractivity contribution is 9.10. The minimum atomic E-state index is 0.516. The van der Waals surface area contributed by atoms with Gasteiger partial charge in [0.25, 0.3) is 0 Å². The second kappa shape index (κ2) is 8.06. The maximum absolute atomic E-state index is 4.97. The van der Waals surface area contributed by atoms with Crippen LogP contribution in [0.4, 0.5) is 0 Å². The van der Waals surface area contributed by atoms with Crippen molar-refractivity contribution in [2.45, 2.75) is 19.8 Å². The highest BCUT2D eigenvalue weighted by atomic mass is 79.9. The van der Waals surface area contributed by atoms with Gasteiger partial charge in [-0.05, 0) is 35.7 Å². The third-order valence-electron chi connectivity index (χ3n) is 4.81. The SMILES string of the molecule is CC(C)c1ccc(-c2nc(-c3ccc(Br)cc3)c(-c3ccc(Br)cc3)[nH]2)cc1. The summed E-state index contributed by atoms with van der Waals surface area (Å²) in [6, 6.07) is 25.2. The molecule has 1 N–H and O–H groups in total. The smallest absolute Gasteiger partial charge is 0.138 e. The predicted molar refractivity (Wildman–Crippen MR) is 124 cm³/mol. The third kappa shape index (κ3) is 3.98. The van der Waals surface area contributed by atoms with E-state index >= 15 is 0 Å². The molecule has 0 bridgehead atoms. The van der Waals surface area contributed by atoms with Crippen LogP contribution in [-0.2, 0) is 0 Å². The molecule has 0 aliphatic carbocycles. The van der Waals surface area contributed by atoms with E-state index in [0.29, 0.717) is 5.92 Å². The molecule has 0 amide bonds. The summed E-state index contributed by atoms with van der Waals surface area (Å²) in [4.78, 5) is 8.53. The van der Waals surface area contributed by atoms with Crippen LogP contribution in [0.2, 0.25) is 0 Å². The Morgan fingerprint density at radius 1 is 0.679 bits per heavy atom. The molecular formula is C24H20Br2N2. The summed E-state index contributed by atoms with van der Waals surface area (Å²) in [6.07, 6.45) is 0. The van der Waals surface area contributed by atoms with Gasteiger partial charge in [-0.3, -0.25) is 0 Å². The van der Waals surface area contributed by atoms with Crippen molar-refractivity contribution in [3.05, 3.63) is 87.3 Å². The number of H-pyrrole nitrogens is 1. The molecule has 4 aromatic rings. The molecule has 0 aliphatic rings. The van der Waals surface area contributed by atoms with Gasteiger partial charge in [0, 0.05) is 25.6 Å². The number of nitrogens with zero attached hydrogens (tertiary/aromatic N) is 1. The summed E-state index contributed by atoms with van der Waals surface area (Å²) in [7, 11) is 0. The van der Waals surface area contributed by atoms with E-state index in [9.17, 15) is 0 Å². The van der Waals surface area contributed by atoms with E-state index in [0.717, 1.165) is 42.8 Å². The number of halogens is 2. The van der Waals surface area contributed by atoms with Crippen molar-refractivity contribution >= 4 is 31.9 Å². The zero-order valence-electron chi connectivity index (χ0n) is 15.7. The van der Waals surface area contributed by atoms with Crippen LogP contribution in [-0.4, -0.2) is 9.97 Å². The van der Waals surface area contributed by atoms with Crippen LogP contribution >= 0.6 is 31.9 Å². The molecule has 4 rings (SSSR count). The Hall–Kier alpha value is -2.17. The van der Waals surface area contributed by atoms with Gasteiger partial charge >= 0.3 is 0 Å². The Morgan fingerprint density at radius 3 is 1.71 bits per heavy atom. The minimum Gasteiger partial charge on any atom is -0.337 e. The van der Waals surface area contributed by atoms with Gasteiger partial charge in [-0.2, -0.15) is 0 Å². The molecule has 4 heteroatoms. The molecule has 0 spiro atoms. The van der Waals surface area contributed by atoms with Crippen molar-refractivity contribution in [3.63, 3.8) is 0 Å². The van der Waals surface area contributed by atoms with Gasteiger partial charge in [0.15, 0.2) is 0 Å². The number of benzene rings is 3. The van der Waals surface area contributed by atoms with Crippen LogP contribution in [0, 0.1) is 0 Å². The molecule has 1 heterocycles. The Labute approximate surface area is 182 Å². The van der Waals surface area contributed by atoms with E-state index in [-0.39, 0.29) is 0 Å². The fourth-order valence-electron chi connectivity index (χ4n) is 3.18. The summed E-state index contributed by atoms with van der Waals surface area (Å²) < 4.78 is 2.12. The molecule has 0 saturated heterocycles. The molecule has 0 aliphatic heterocycles. The fourth-order valence-corrected chi connectivity index (χ4v) is 3.71. The van der Waals surface area contributed by atoms with Crippen molar-refractivity contribution in [3.8, 4) is 33.9 Å². The molecule has 0 fully saturated rings. The van der Waals surface area contributed by atoms with Gasteiger partial charge in [0.2, 0.25) is 0 Å². The summed E-state index contributed by atoms with van der Waals surface area (Å²) >= 11 is 7.03. The molecular weight excluding hydrogens is 476 g/mol. The first-order valence-corrected chi connectivity index (χ1v) is 10.8. The second-order valence-electron chi connectivity index (χ2n) is 7.10. The lowest BCUT2D eigenvalue weighted by Gasteiger charge is -2.05. The van der Waals surface area contributed by atoms with Gasteiger partial charge in [-0.1, -0.05) is 94.2 Å². The van der Waals surface area contributed by atoms with Crippen molar-refractivity contribution in [2.24, 2.45) is 0 Å². The van der Waals surface area contributed by atoms with E-state index in [4.69, 9.17) is 4.98 Å².